The number of methoxy groups -OCH3 is 1. The molecule has 3 aromatic rings. The Morgan fingerprint density at radius 3 is 1.57 bits per heavy atom. The number of hydrogen-bond donors (Lipinski definition) is 2. The third-order valence-corrected chi connectivity index (χ3v) is 4.31. The maximum atomic E-state index is 9.37. The van der Waals surface area contributed by atoms with Gasteiger partial charge >= 0.3 is 5.97 Å². The van der Waals surface area contributed by atoms with Crippen molar-refractivity contribution in [3.8, 4) is 5.75 Å². The van der Waals surface area contributed by atoms with Crippen molar-refractivity contribution < 1.29 is 14.6 Å². The molecule has 4 heteroatoms. The Morgan fingerprint density at radius 2 is 1.27 bits per heavy atom. The maximum absolute atomic E-state index is 9.37. The van der Waals surface area contributed by atoms with Crippen LogP contribution in [0.5, 0.6) is 5.75 Å². The maximum Gasteiger partial charge on any atom is 0.303 e. The van der Waals surface area contributed by atoms with Gasteiger partial charge in [-0.25, -0.2) is 0 Å². The fourth-order valence-corrected chi connectivity index (χ4v) is 2.76. The lowest BCUT2D eigenvalue weighted by Gasteiger charge is -2.31. The van der Waals surface area contributed by atoms with E-state index >= 15 is 0 Å². The summed E-state index contributed by atoms with van der Waals surface area (Å²) < 4.78 is 5.25. The van der Waals surface area contributed by atoms with Crippen molar-refractivity contribution in [3.05, 3.63) is 114 Å². The van der Waals surface area contributed by atoms with Crippen molar-refractivity contribution in [1.29, 1.82) is 0 Å². The number of carbonyl (C=O) groups is 1. The van der Waals surface area contributed by atoms with Gasteiger partial charge in [-0.2, -0.15) is 0 Å². The molecule has 0 bridgehead atoms. The van der Waals surface area contributed by atoms with E-state index < -0.39 is 11.5 Å². The molecule has 3 N–H and O–H groups in total. The van der Waals surface area contributed by atoms with Crippen molar-refractivity contribution in [2.45, 2.75) is 25.8 Å². The summed E-state index contributed by atoms with van der Waals surface area (Å²) in [6, 6.07) is 28.3. The molecule has 0 fully saturated rings. The number of hydrogen-bond acceptors (Lipinski definition) is 3. The first-order valence-corrected chi connectivity index (χ1v) is 9.77. The van der Waals surface area contributed by atoms with E-state index in [4.69, 9.17) is 15.6 Å². The highest BCUT2D eigenvalue weighted by Gasteiger charge is 2.31. The van der Waals surface area contributed by atoms with Crippen LogP contribution in [-0.2, 0) is 10.3 Å². The lowest BCUT2D eigenvalue weighted by atomic mass is 9.78. The van der Waals surface area contributed by atoms with E-state index in [0.29, 0.717) is 0 Å². The molecule has 0 spiro atoms. The summed E-state index contributed by atoms with van der Waals surface area (Å²) in [6.45, 7) is 6.85. The van der Waals surface area contributed by atoms with E-state index in [0.717, 1.165) is 22.4 Å². The van der Waals surface area contributed by atoms with Gasteiger partial charge in [0.25, 0.3) is 0 Å². The first-order valence-electron chi connectivity index (χ1n) is 9.77. The zero-order chi connectivity index (χ0) is 22.4. The zero-order valence-electron chi connectivity index (χ0n) is 17.9. The van der Waals surface area contributed by atoms with Gasteiger partial charge in [0, 0.05) is 6.42 Å². The molecule has 30 heavy (non-hydrogen) atoms. The van der Waals surface area contributed by atoms with E-state index in [9.17, 15) is 4.79 Å². The Labute approximate surface area is 179 Å². The summed E-state index contributed by atoms with van der Waals surface area (Å²) in [4.78, 5) is 9.37. The van der Waals surface area contributed by atoms with Gasteiger partial charge in [-0.05, 0) is 35.7 Å². The van der Waals surface area contributed by atoms with E-state index in [-0.39, 0.29) is 6.42 Å². The van der Waals surface area contributed by atoms with Crippen LogP contribution in [0.15, 0.2) is 97.6 Å². The van der Waals surface area contributed by atoms with Crippen LogP contribution in [-0.4, -0.2) is 18.2 Å². The van der Waals surface area contributed by atoms with Crippen LogP contribution < -0.4 is 10.5 Å². The van der Waals surface area contributed by atoms with Crippen LogP contribution in [0.2, 0.25) is 0 Å². The van der Waals surface area contributed by atoms with Gasteiger partial charge in [-0.3, -0.25) is 4.79 Å². The first-order chi connectivity index (χ1) is 14.4. The average Bonchev–Trinajstić information content (AvgIpc) is 2.80. The van der Waals surface area contributed by atoms with Gasteiger partial charge in [0.05, 0.1) is 12.6 Å². The second-order valence-electron chi connectivity index (χ2n) is 6.42. The number of benzene rings is 3. The van der Waals surface area contributed by atoms with Crippen LogP contribution in [0.25, 0.3) is 0 Å². The summed E-state index contributed by atoms with van der Waals surface area (Å²) in [6.07, 6.45) is 1.97. The Hall–Kier alpha value is -3.37. The van der Waals surface area contributed by atoms with Gasteiger partial charge in [0.15, 0.2) is 0 Å². The van der Waals surface area contributed by atoms with Crippen LogP contribution >= 0.6 is 0 Å². The van der Waals surface area contributed by atoms with Crippen LogP contribution in [0.3, 0.4) is 0 Å². The molecule has 0 aliphatic carbocycles. The third-order valence-electron chi connectivity index (χ3n) is 4.31. The molecular weight excluding hydrogens is 374 g/mol. The fraction of sp³-hybridized carbons (Fsp3) is 0.192. The number of allylic oxidation sites excluding steroid dienone is 1. The topological polar surface area (TPSA) is 72.5 Å². The summed E-state index contributed by atoms with van der Waals surface area (Å²) >= 11 is 0. The third kappa shape index (κ3) is 6.90. The van der Waals surface area contributed by atoms with Crippen LogP contribution in [0.4, 0.5) is 0 Å². The summed E-state index contributed by atoms with van der Waals surface area (Å²) in [5, 5.41) is 7.72. The van der Waals surface area contributed by atoms with Gasteiger partial charge in [-0.15, -0.1) is 6.58 Å². The molecule has 0 amide bonds. The fourth-order valence-electron chi connectivity index (χ4n) is 2.76. The zero-order valence-corrected chi connectivity index (χ0v) is 17.9. The lowest BCUT2D eigenvalue weighted by Crippen LogP contribution is -2.39. The summed E-state index contributed by atoms with van der Waals surface area (Å²) in [5.41, 5.74) is 9.38. The molecule has 3 aromatic carbocycles. The smallest absolute Gasteiger partial charge is 0.303 e. The molecule has 0 aromatic heterocycles. The Balaban J connectivity index is 0.000000485. The molecule has 0 aliphatic heterocycles. The average molecular weight is 406 g/mol. The van der Waals surface area contributed by atoms with E-state index in [1.807, 2.05) is 67.6 Å². The van der Waals surface area contributed by atoms with Crippen molar-refractivity contribution >= 4 is 5.97 Å². The predicted octanol–water partition coefficient (Wildman–Crippen LogP) is 5.62. The molecule has 0 atom stereocenters. The SMILES string of the molecule is C=CC.CCC(=O)O.COc1ccc(C(N)(c2ccccc2)c2ccccc2)cc1. The molecule has 0 saturated heterocycles. The molecule has 158 valence electrons. The minimum absolute atomic E-state index is 0.222. The van der Waals surface area contributed by atoms with Crippen molar-refractivity contribution in [3.63, 3.8) is 0 Å². The number of carboxylic acid groups (broad SMARTS) is 1. The molecule has 4 nitrogen and oxygen atoms in total. The molecule has 0 heterocycles. The van der Waals surface area contributed by atoms with Gasteiger partial charge < -0.3 is 15.6 Å². The predicted molar refractivity (Wildman–Crippen MR) is 124 cm³/mol. The van der Waals surface area contributed by atoms with Gasteiger partial charge in [0.1, 0.15) is 5.75 Å². The molecule has 0 unspecified atom stereocenters. The number of rotatable bonds is 5. The monoisotopic (exact) mass is 405 g/mol. The highest BCUT2D eigenvalue weighted by molar-refractivity contribution is 5.66. The van der Waals surface area contributed by atoms with Crippen molar-refractivity contribution in [2.75, 3.05) is 7.11 Å². The standard InChI is InChI=1S/C20H19NO.C3H6O2.C3H6/c1-22-19-14-12-18(13-15-19)20(21,16-8-4-2-5-9-16)17-10-6-3-7-11-17;1-2-3(4)5;1-3-2/h2-15H,21H2,1H3;2H2,1H3,(H,4,5);3H,1H2,2H3. The van der Waals surface area contributed by atoms with Crippen molar-refractivity contribution in [2.24, 2.45) is 5.73 Å². The first kappa shape index (κ1) is 24.7. The minimum Gasteiger partial charge on any atom is -0.497 e. The molecule has 0 saturated carbocycles. The largest absolute Gasteiger partial charge is 0.497 e. The number of aliphatic carboxylic acids is 1. The molecule has 3 rings (SSSR count). The van der Waals surface area contributed by atoms with Crippen molar-refractivity contribution in [1.82, 2.24) is 0 Å². The highest BCUT2D eigenvalue weighted by Crippen LogP contribution is 2.34. The highest BCUT2D eigenvalue weighted by atomic mass is 16.5. The van der Waals surface area contributed by atoms with Gasteiger partial charge in [-0.1, -0.05) is 85.8 Å². The lowest BCUT2D eigenvalue weighted by molar-refractivity contribution is -0.136. The molecule has 0 aliphatic rings. The normalized spacial score (nSPS) is 9.87. The number of nitrogens with two attached hydrogens (primary N) is 1. The van der Waals surface area contributed by atoms with Crippen LogP contribution in [0.1, 0.15) is 37.0 Å². The second kappa shape index (κ2) is 13.0. The van der Waals surface area contributed by atoms with E-state index in [1.54, 1.807) is 20.1 Å². The minimum atomic E-state index is -0.745. The molecule has 0 radical (unpaired) electrons. The van der Waals surface area contributed by atoms with Crippen LogP contribution in [0, 0.1) is 0 Å². The van der Waals surface area contributed by atoms with Gasteiger partial charge in [0.2, 0.25) is 0 Å². The Bertz CT molecular complexity index is 836. The summed E-state index contributed by atoms with van der Waals surface area (Å²) in [7, 11) is 1.67. The van der Waals surface area contributed by atoms with E-state index in [2.05, 4.69) is 30.8 Å². The summed E-state index contributed by atoms with van der Waals surface area (Å²) in [5.74, 6) is 0.0808. The quantitative estimate of drug-likeness (QED) is 0.427. The second-order valence-corrected chi connectivity index (χ2v) is 6.42. The molecular formula is C26H31NO3. The Kier molecular flexibility index (Phi) is 10.7. The number of ether oxygens (including phenoxy) is 1. The van der Waals surface area contributed by atoms with E-state index in [1.165, 1.54) is 0 Å². The number of carboxylic acids is 1. The Morgan fingerprint density at radius 1 is 0.933 bits per heavy atom.